The number of nitrogens with two attached hydrogens (primary N) is 1. The molecule has 2 N–H and O–H groups in total. The minimum Gasteiger partial charge on any atom is -0.493 e. The van der Waals surface area contributed by atoms with Crippen molar-refractivity contribution in [3.05, 3.63) is 41.8 Å². The van der Waals surface area contributed by atoms with Gasteiger partial charge in [0, 0.05) is 12.3 Å². The molecule has 0 saturated heterocycles. The number of thiophene rings is 1. The molecule has 0 bridgehead atoms. The molecule has 0 spiro atoms. The predicted octanol–water partition coefficient (Wildman–Crippen LogP) is 2.85. The number of aromatic nitrogens is 3. The highest BCUT2D eigenvalue weighted by Crippen LogP contribution is 2.27. The molecule has 0 aliphatic carbocycles. The molecule has 3 rings (SSSR count). The zero-order valence-electron chi connectivity index (χ0n) is 14.0. The zero-order chi connectivity index (χ0) is 18.6. The molecule has 0 aliphatic heterocycles. The van der Waals surface area contributed by atoms with Gasteiger partial charge in [-0.25, -0.2) is 13.6 Å². The number of rotatable bonds is 8. The summed E-state index contributed by atoms with van der Waals surface area (Å²) in [5, 5.41) is 16.5. The van der Waals surface area contributed by atoms with Gasteiger partial charge in [-0.05, 0) is 42.6 Å². The molecule has 0 radical (unpaired) electrons. The third-order valence-corrected chi connectivity index (χ3v) is 6.24. The van der Waals surface area contributed by atoms with E-state index in [0.29, 0.717) is 18.1 Å². The molecule has 1 aromatic carbocycles. The molecule has 0 saturated carbocycles. The summed E-state index contributed by atoms with van der Waals surface area (Å²) in [4.78, 5) is 1.16. The largest absolute Gasteiger partial charge is 0.493 e. The second-order valence-electron chi connectivity index (χ2n) is 5.24. The van der Waals surface area contributed by atoms with Gasteiger partial charge in [0.1, 0.15) is 5.75 Å². The van der Waals surface area contributed by atoms with Crippen LogP contribution in [0, 0.1) is 0 Å². The van der Waals surface area contributed by atoms with Gasteiger partial charge in [0.2, 0.25) is 10.0 Å². The smallest absolute Gasteiger partial charge is 0.238 e. The SMILES string of the molecule is CCn1c(SCCOc2ccc(S(N)(=O)=O)cc2)nnc1-c1cccs1. The van der Waals surface area contributed by atoms with Gasteiger partial charge < -0.3 is 9.30 Å². The summed E-state index contributed by atoms with van der Waals surface area (Å²) < 4.78 is 30.2. The van der Waals surface area contributed by atoms with E-state index in [1.54, 1.807) is 35.2 Å². The van der Waals surface area contributed by atoms with Crippen LogP contribution in [0.3, 0.4) is 0 Å². The molecule has 7 nitrogen and oxygen atoms in total. The van der Waals surface area contributed by atoms with Crippen molar-refractivity contribution < 1.29 is 13.2 Å². The lowest BCUT2D eigenvalue weighted by atomic mass is 10.3. The van der Waals surface area contributed by atoms with E-state index in [1.807, 2.05) is 17.5 Å². The number of sulfonamides is 1. The highest BCUT2D eigenvalue weighted by atomic mass is 32.2. The first-order chi connectivity index (χ1) is 12.5. The number of thioether (sulfide) groups is 1. The van der Waals surface area contributed by atoms with Gasteiger partial charge in [0.25, 0.3) is 0 Å². The van der Waals surface area contributed by atoms with E-state index in [1.165, 1.54) is 12.1 Å². The first kappa shape index (κ1) is 18.9. The van der Waals surface area contributed by atoms with Gasteiger partial charge in [-0.15, -0.1) is 21.5 Å². The number of nitrogens with zero attached hydrogens (tertiary/aromatic N) is 3. The second-order valence-corrected chi connectivity index (χ2v) is 8.81. The van der Waals surface area contributed by atoms with E-state index < -0.39 is 10.0 Å². The lowest BCUT2D eigenvalue weighted by molar-refractivity contribution is 0.343. The minimum absolute atomic E-state index is 0.0661. The average Bonchev–Trinajstić information content (AvgIpc) is 3.27. The molecule has 0 aliphatic rings. The molecular formula is C16H18N4O3S3. The van der Waals surface area contributed by atoms with Crippen LogP contribution in [-0.4, -0.2) is 35.5 Å². The molecule has 26 heavy (non-hydrogen) atoms. The first-order valence-electron chi connectivity index (χ1n) is 7.84. The van der Waals surface area contributed by atoms with Gasteiger partial charge in [-0.1, -0.05) is 17.8 Å². The Morgan fingerprint density at radius 3 is 2.62 bits per heavy atom. The lowest BCUT2D eigenvalue weighted by Gasteiger charge is -2.08. The number of hydrogen-bond donors (Lipinski definition) is 1. The fraction of sp³-hybridized carbons (Fsp3) is 0.250. The summed E-state index contributed by atoms with van der Waals surface area (Å²) in [5.74, 6) is 2.17. The Kier molecular flexibility index (Phi) is 5.97. The standard InChI is InChI=1S/C16H18N4O3S3/c1-2-20-15(14-4-3-10-24-14)18-19-16(20)25-11-9-23-12-5-7-13(8-6-12)26(17,21)22/h3-8,10H,2,9,11H2,1H3,(H2,17,21,22). The number of ether oxygens (including phenoxy) is 1. The average molecular weight is 411 g/mol. The van der Waals surface area contributed by atoms with Crippen LogP contribution in [0.5, 0.6) is 5.75 Å². The molecule has 0 amide bonds. The highest BCUT2D eigenvalue weighted by Gasteiger charge is 2.13. The molecular weight excluding hydrogens is 392 g/mol. The lowest BCUT2D eigenvalue weighted by Crippen LogP contribution is -2.11. The predicted molar refractivity (Wildman–Crippen MR) is 103 cm³/mol. The third-order valence-electron chi connectivity index (χ3n) is 3.51. The Morgan fingerprint density at radius 1 is 1.23 bits per heavy atom. The normalized spacial score (nSPS) is 11.6. The number of hydrogen-bond acceptors (Lipinski definition) is 7. The van der Waals surface area contributed by atoms with E-state index in [2.05, 4.69) is 21.7 Å². The molecule has 0 unspecified atom stereocenters. The summed E-state index contributed by atoms with van der Waals surface area (Å²) in [5.41, 5.74) is 0. The van der Waals surface area contributed by atoms with Gasteiger partial charge in [-0.2, -0.15) is 0 Å². The van der Waals surface area contributed by atoms with Gasteiger partial charge in [0.15, 0.2) is 11.0 Å². The fourth-order valence-electron chi connectivity index (χ4n) is 2.29. The Bertz CT molecular complexity index is 951. The maximum Gasteiger partial charge on any atom is 0.238 e. The van der Waals surface area contributed by atoms with Crippen LogP contribution in [0.15, 0.2) is 51.8 Å². The fourth-order valence-corrected chi connectivity index (χ4v) is 4.34. The molecule has 10 heteroatoms. The topological polar surface area (TPSA) is 100 Å². The molecule has 2 heterocycles. The van der Waals surface area contributed by atoms with Crippen molar-refractivity contribution >= 4 is 33.1 Å². The van der Waals surface area contributed by atoms with Crippen LogP contribution in [0.4, 0.5) is 0 Å². The van der Waals surface area contributed by atoms with Crippen LogP contribution in [0.25, 0.3) is 10.7 Å². The minimum atomic E-state index is -3.68. The van der Waals surface area contributed by atoms with Crippen LogP contribution >= 0.6 is 23.1 Å². The van der Waals surface area contributed by atoms with E-state index in [-0.39, 0.29) is 4.90 Å². The van der Waals surface area contributed by atoms with Gasteiger partial charge in [0.05, 0.1) is 16.4 Å². The van der Waals surface area contributed by atoms with Crippen molar-refractivity contribution in [3.8, 4) is 16.5 Å². The molecule has 0 atom stereocenters. The van der Waals surface area contributed by atoms with Crippen molar-refractivity contribution in [1.29, 1.82) is 0 Å². The Morgan fingerprint density at radius 2 is 2.00 bits per heavy atom. The molecule has 0 fully saturated rings. The molecule has 2 aromatic heterocycles. The van der Waals surface area contributed by atoms with Crippen LogP contribution < -0.4 is 9.88 Å². The number of primary sulfonamides is 1. The highest BCUT2D eigenvalue weighted by molar-refractivity contribution is 7.99. The Hall–Kier alpha value is -1.88. The Balaban J connectivity index is 1.56. The van der Waals surface area contributed by atoms with Gasteiger partial charge >= 0.3 is 0 Å². The zero-order valence-corrected chi connectivity index (χ0v) is 16.5. The Labute approximate surface area is 160 Å². The summed E-state index contributed by atoms with van der Waals surface area (Å²) in [6, 6.07) is 10.1. The number of benzene rings is 1. The van der Waals surface area contributed by atoms with Crippen molar-refractivity contribution in [3.63, 3.8) is 0 Å². The molecule has 138 valence electrons. The van der Waals surface area contributed by atoms with E-state index in [0.717, 1.165) is 22.4 Å². The van der Waals surface area contributed by atoms with Crippen LogP contribution in [0.2, 0.25) is 0 Å². The first-order valence-corrected chi connectivity index (χ1v) is 11.3. The van der Waals surface area contributed by atoms with E-state index in [9.17, 15) is 8.42 Å². The maximum absolute atomic E-state index is 11.2. The third kappa shape index (κ3) is 4.44. The molecule has 3 aromatic rings. The quantitative estimate of drug-likeness (QED) is 0.453. The second kappa shape index (κ2) is 8.21. The summed E-state index contributed by atoms with van der Waals surface area (Å²) in [6.45, 7) is 3.32. The van der Waals surface area contributed by atoms with Crippen molar-refractivity contribution in [2.45, 2.75) is 23.5 Å². The van der Waals surface area contributed by atoms with Gasteiger partial charge in [-0.3, -0.25) is 0 Å². The van der Waals surface area contributed by atoms with E-state index in [4.69, 9.17) is 9.88 Å². The monoisotopic (exact) mass is 410 g/mol. The van der Waals surface area contributed by atoms with Crippen LogP contribution in [-0.2, 0) is 16.6 Å². The summed E-state index contributed by atoms with van der Waals surface area (Å²) in [7, 11) is -3.68. The van der Waals surface area contributed by atoms with Crippen molar-refractivity contribution in [1.82, 2.24) is 14.8 Å². The van der Waals surface area contributed by atoms with Crippen molar-refractivity contribution in [2.75, 3.05) is 12.4 Å². The van der Waals surface area contributed by atoms with Crippen LogP contribution in [0.1, 0.15) is 6.92 Å². The summed E-state index contributed by atoms with van der Waals surface area (Å²) in [6.07, 6.45) is 0. The summed E-state index contributed by atoms with van der Waals surface area (Å²) >= 11 is 3.21. The maximum atomic E-state index is 11.2. The van der Waals surface area contributed by atoms with Crippen molar-refractivity contribution in [2.24, 2.45) is 5.14 Å². The van der Waals surface area contributed by atoms with E-state index >= 15 is 0 Å².